The summed E-state index contributed by atoms with van der Waals surface area (Å²) in [5, 5.41) is 24.5. The number of allylic oxidation sites excluding steroid dienone is 1. The number of unbranched alkanes of at least 4 members (excludes halogenated alkanes) is 2. The molecular formula is C48H60N2O10. The van der Waals surface area contributed by atoms with Gasteiger partial charge in [-0.2, -0.15) is 0 Å². The molecule has 3 aromatic carbocycles. The monoisotopic (exact) mass is 824 g/mol. The van der Waals surface area contributed by atoms with Gasteiger partial charge in [0.1, 0.15) is 41.9 Å². The van der Waals surface area contributed by atoms with Gasteiger partial charge in [0.2, 0.25) is 11.7 Å². The predicted molar refractivity (Wildman–Crippen MR) is 229 cm³/mol. The van der Waals surface area contributed by atoms with E-state index in [4.69, 9.17) is 28.5 Å². The number of nitrogens with zero attached hydrogens (tertiary/aromatic N) is 2. The van der Waals surface area contributed by atoms with Gasteiger partial charge in [-0.25, -0.2) is 0 Å². The van der Waals surface area contributed by atoms with Gasteiger partial charge in [-0.15, -0.1) is 6.58 Å². The largest absolute Gasteiger partial charge is 0.497 e. The lowest BCUT2D eigenvalue weighted by atomic mass is 9.55. The molecule has 0 radical (unpaired) electrons. The first-order chi connectivity index (χ1) is 29.3. The molecule has 12 nitrogen and oxygen atoms in total. The molecule has 1 fully saturated rings. The lowest BCUT2D eigenvalue weighted by Gasteiger charge is -2.60. The van der Waals surface area contributed by atoms with E-state index in [0.717, 1.165) is 54.4 Å². The summed E-state index contributed by atoms with van der Waals surface area (Å²) in [7, 11) is 4.67. The van der Waals surface area contributed by atoms with Gasteiger partial charge in [-0.1, -0.05) is 49.2 Å². The van der Waals surface area contributed by atoms with Gasteiger partial charge in [0.15, 0.2) is 6.29 Å². The minimum absolute atomic E-state index is 0.0471. The van der Waals surface area contributed by atoms with Crippen LogP contribution in [0.1, 0.15) is 85.7 Å². The maximum Gasteiger partial charge on any atom is 0.239 e. The summed E-state index contributed by atoms with van der Waals surface area (Å²) in [6, 6.07) is 17.8. The van der Waals surface area contributed by atoms with Gasteiger partial charge in [0.05, 0.1) is 44.4 Å². The van der Waals surface area contributed by atoms with Gasteiger partial charge >= 0.3 is 0 Å². The maximum atomic E-state index is 14.8. The number of fused-ring (bicyclic) bond motifs is 2. The van der Waals surface area contributed by atoms with Crippen LogP contribution in [0.4, 0.5) is 0 Å². The molecule has 322 valence electrons. The lowest BCUT2D eigenvalue weighted by molar-refractivity contribution is -0.257. The maximum absolute atomic E-state index is 14.8. The molecule has 2 aliphatic carbocycles. The minimum atomic E-state index is -1.37. The van der Waals surface area contributed by atoms with E-state index < -0.39 is 17.7 Å². The van der Waals surface area contributed by atoms with E-state index >= 15 is 0 Å². The number of benzene rings is 3. The standard InChI is InChI=1S/C48H60N2O10/c1-6-21-50(45(54)26-32-13-12-15-35(25-32)55-3)44-30-41(49-57-5)39-28-33(14-8-10-22-51)38(16-9-11-23-52)46-40-29-37(59-36-17-19-42(56-4)34(27-36)31-53)18-20-43(40)60-48(44,47(39)46)58-24-7-2/h7,12-13,15,17-20,25,27-29,31,33,38,44,46-47,51-52H,2,6,8-11,14,16,21-24,26,30H2,1,3-5H3. The fraction of sp³-hybridized carbons (Fsp3) is 0.479. The second-order valence-electron chi connectivity index (χ2n) is 15.7. The Hall–Kier alpha value is -5.17. The number of carbonyl (C=O) groups excluding carboxylic acids is 2. The molecule has 6 atom stereocenters. The van der Waals surface area contributed by atoms with Crippen LogP contribution in [0.15, 0.2) is 90.1 Å². The van der Waals surface area contributed by atoms with E-state index in [9.17, 15) is 19.8 Å². The summed E-state index contributed by atoms with van der Waals surface area (Å²) in [4.78, 5) is 34.2. The summed E-state index contributed by atoms with van der Waals surface area (Å²) >= 11 is 0. The van der Waals surface area contributed by atoms with Crippen molar-refractivity contribution < 1.29 is 48.3 Å². The average molecular weight is 825 g/mol. The second-order valence-corrected chi connectivity index (χ2v) is 15.7. The highest BCUT2D eigenvalue weighted by atomic mass is 16.7. The topological polar surface area (TPSA) is 146 Å². The van der Waals surface area contributed by atoms with E-state index in [2.05, 4.69) is 24.7 Å². The molecular weight excluding hydrogens is 765 g/mol. The number of ether oxygens (including phenoxy) is 5. The molecule has 0 saturated heterocycles. The second kappa shape index (κ2) is 20.9. The van der Waals surface area contributed by atoms with Crippen molar-refractivity contribution in [1.82, 2.24) is 4.90 Å². The van der Waals surface area contributed by atoms with E-state index in [1.54, 1.807) is 38.5 Å². The van der Waals surface area contributed by atoms with Crippen molar-refractivity contribution in [3.63, 3.8) is 0 Å². The molecule has 2 N–H and O–H groups in total. The van der Waals surface area contributed by atoms with Crippen molar-refractivity contribution in [2.24, 2.45) is 22.9 Å². The smallest absolute Gasteiger partial charge is 0.239 e. The molecule has 12 heteroatoms. The van der Waals surface area contributed by atoms with E-state index in [-0.39, 0.29) is 49.9 Å². The Labute approximate surface area is 353 Å². The fourth-order valence-corrected chi connectivity index (χ4v) is 9.58. The molecule has 6 rings (SSSR count). The van der Waals surface area contributed by atoms with Crippen molar-refractivity contribution in [2.45, 2.75) is 82.5 Å². The van der Waals surface area contributed by atoms with Crippen LogP contribution in [0.2, 0.25) is 0 Å². The number of aliphatic hydroxyl groups excluding tert-OH is 2. The quantitative estimate of drug-likeness (QED) is 0.0442. The molecule has 0 bridgehead atoms. The first-order valence-electron chi connectivity index (χ1n) is 21.1. The number of aldehydes is 1. The van der Waals surface area contributed by atoms with Crippen LogP contribution < -0.4 is 18.9 Å². The lowest BCUT2D eigenvalue weighted by Crippen LogP contribution is -2.70. The fourth-order valence-electron chi connectivity index (χ4n) is 9.58. The zero-order valence-corrected chi connectivity index (χ0v) is 35.3. The normalized spacial score (nSPS) is 23.3. The number of hydrogen-bond acceptors (Lipinski definition) is 11. The van der Waals surface area contributed by atoms with Gasteiger partial charge in [-0.3, -0.25) is 9.59 Å². The van der Waals surface area contributed by atoms with Crippen molar-refractivity contribution in [2.75, 3.05) is 47.7 Å². The summed E-state index contributed by atoms with van der Waals surface area (Å²) in [6.07, 6.45) is 10.5. The van der Waals surface area contributed by atoms with Crippen molar-refractivity contribution in [3.8, 4) is 28.7 Å². The Morgan fingerprint density at radius 2 is 1.73 bits per heavy atom. The third kappa shape index (κ3) is 9.41. The Bertz CT molecular complexity index is 2010. The van der Waals surface area contributed by atoms with Gasteiger partial charge < -0.3 is 43.6 Å². The Morgan fingerprint density at radius 1 is 0.967 bits per heavy atom. The molecule has 6 unspecified atom stereocenters. The SMILES string of the molecule is C=CCOC12Oc3ccc(Oc4ccc(OC)c(C=O)c4)cc3C3C(CCCCO)C(CCCCO)C=C(C(=NOC)CC1N(CCC)C(=O)Cc1cccc(OC)c1)C32. The predicted octanol–water partition coefficient (Wildman–Crippen LogP) is 8.05. The zero-order chi connectivity index (χ0) is 42.6. The Morgan fingerprint density at radius 3 is 2.43 bits per heavy atom. The van der Waals surface area contributed by atoms with E-state index in [1.807, 2.05) is 47.4 Å². The van der Waals surface area contributed by atoms with Gasteiger partial charge in [0.25, 0.3) is 0 Å². The van der Waals surface area contributed by atoms with Crippen LogP contribution >= 0.6 is 0 Å². The number of hydrogen-bond donors (Lipinski definition) is 2. The van der Waals surface area contributed by atoms with Crippen molar-refractivity contribution in [3.05, 3.63) is 102 Å². The molecule has 1 amide bonds. The van der Waals surface area contributed by atoms with Crippen LogP contribution in [0, 0.1) is 17.8 Å². The summed E-state index contributed by atoms with van der Waals surface area (Å²) < 4.78 is 31.7. The molecule has 1 aliphatic heterocycles. The summed E-state index contributed by atoms with van der Waals surface area (Å²) in [5.74, 6) is 0.776. The van der Waals surface area contributed by atoms with Gasteiger partial charge in [-0.05, 0) is 104 Å². The highest BCUT2D eigenvalue weighted by Gasteiger charge is 2.65. The number of aliphatic hydroxyl groups is 2. The van der Waals surface area contributed by atoms with Gasteiger partial charge in [0, 0.05) is 37.7 Å². The molecule has 0 spiro atoms. The molecule has 3 aliphatic rings. The number of amides is 1. The van der Waals surface area contributed by atoms with Crippen LogP contribution in [0.5, 0.6) is 28.7 Å². The van der Waals surface area contributed by atoms with Crippen LogP contribution in [-0.2, 0) is 20.8 Å². The highest BCUT2D eigenvalue weighted by molar-refractivity contribution is 6.03. The van der Waals surface area contributed by atoms with Crippen LogP contribution in [0.3, 0.4) is 0 Å². The van der Waals surface area contributed by atoms with E-state index in [0.29, 0.717) is 66.5 Å². The van der Waals surface area contributed by atoms with Crippen LogP contribution in [0.25, 0.3) is 0 Å². The highest BCUT2D eigenvalue weighted by Crippen LogP contribution is 2.62. The number of oxime groups is 1. The Kier molecular flexibility index (Phi) is 15.4. The zero-order valence-electron chi connectivity index (χ0n) is 35.3. The first kappa shape index (κ1) is 44.4. The summed E-state index contributed by atoms with van der Waals surface area (Å²) in [5.41, 5.74) is 3.80. The first-order valence-corrected chi connectivity index (χ1v) is 21.1. The number of rotatable bonds is 22. The van der Waals surface area contributed by atoms with Crippen molar-refractivity contribution >= 4 is 17.9 Å². The van der Waals surface area contributed by atoms with E-state index in [1.165, 1.54) is 7.11 Å². The van der Waals surface area contributed by atoms with Crippen molar-refractivity contribution in [1.29, 1.82) is 0 Å². The minimum Gasteiger partial charge on any atom is -0.497 e. The van der Waals surface area contributed by atoms with Crippen LogP contribution in [-0.4, -0.2) is 92.5 Å². The number of carbonyl (C=O) groups is 2. The molecule has 3 aromatic rings. The molecule has 60 heavy (non-hydrogen) atoms. The molecule has 1 heterocycles. The molecule has 1 saturated carbocycles. The number of methoxy groups -OCH3 is 2. The Balaban J connectivity index is 1.55. The summed E-state index contributed by atoms with van der Waals surface area (Å²) in [6.45, 7) is 6.87. The third-order valence-corrected chi connectivity index (χ3v) is 12.1. The molecule has 0 aromatic heterocycles. The third-order valence-electron chi connectivity index (χ3n) is 12.1. The average Bonchev–Trinajstić information content (AvgIpc) is 3.26.